The lowest BCUT2D eigenvalue weighted by Gasteiger charge is -2.29. The number of halogens is 1. The fourth-order valence-electron chi connectivity index (χ4n) is 2.37. The van der Waals surface area contributed by atoms with E-state index in [1.807, 2.05) is 0 Å². The van der Waals surface area contributed by atoms with Crippen molar-refractivity contribution in [1.82, 2.24) is 0 Å². The van der Waals surface area contributed by atoms with Crippen LogP contribution in [0.3, 0.4) is 0 Å². The number of benzene rings is 2. The minimum absolute atomic E-state index is 0.109. The van der Waals surface area contributed by atoms with E-state index in [2.05, 4.69) is 0 Å². The van der Waals surface area contributed by atoms with Gasteiger partial charge in [0, 0.05) is 12.2 Å². The van der Waals surface area contributed by atoms with Gasteiger partial charge in [-0.3, -0.25) is 4.79 Å². The van der Waals surface area contributed by atoms with Gasteiger partial charge in [-0.15, -0.1) is 0 Å². The Kier molecular flexibility index (Phi) is 4.23. The van der Waals surface area contributed by atoms with E-state index in [9.17, 15) is 14.3 Å². The van der Waals surface area contributed by atoms with Gasteiger partial charge in [0.05, 0.1) is 0 Å². The van der Waals surface area contributed by atoms with E-state index in [1.54, 1.807) is 24.3 Å². The lowest BCUT2D eigenvalue weighted by Crippen LogP contribution is -2.45. The molecule has 0 amide bonds. The number of hydrogen-bond acceptors (Lipinski definition) is 3. The maximum absolute atomic E-state index is 13.1. The first-order valence-electron chi connectivity index (χ1n) is 6.52. The van der Waals surface area contributed by atoms with Crippen LogP contribution in [0.4, 0.5) is 10.1 Å². The molecule has 0 saturated heterocycles. The molecule has 2 aromatic rings. The summed E-state index contributed by atoms with van der Waals surface area (Å²) in [5.74, 6) is -1.48. The summed E-state index contributed by atoms with van der Waals surface area (Å²) < 4.78 is 13.1. The first-order chi connectivity index (χ1) is 9.99. The van der Waals surface area contributed by atoms with Crippen molar-refractivity contribution >= 4 is 11.7 Å². The molecule has 21 heavy (non-hydrogen) atoms. The minimum Gasteiger partial charge on any atom is -0.481 e. The number of hydrogen-bond donors (Lipinski definition) is 3. The Bertz CT molecular complexity index is 643. The summed E-state index contributed by atoms with van der Waals surface area (Å²) >= 11 is 0. The summed E-state index contributed by atoms with van der Waals surface area (Å²) in [6, 6.07) is 12.4. The molecule has 0 bridgehead atoms. The molecule has 0 aliphatic heterocycles. The van der Waals surface area contributed by atoms with Crippen molar-refractivity contribution in [2.45, 2.75) is 11.8 Å². The molecule has 0 spiro atoms. The number of para-hydroxylation sites is 1. The van der Waals surface area contributed by atoms with Crippen molar-refractivity contribution in [2.75, 3.05) is 12.3 Å². The second kappa shape index (κ2) is 5.93. The highest BCUT2D eigenvalue weighted by Crippen LogP contribution is 2.30. The zero-order valence-corrected chi connectivity index (χ0v) is 11.4. The van der Waals surface area contributed by atoms with Gasteiger partial charge in [-0.25, -0.2) is 4.39 Å². The Balaban J connectivity index is 2.50. The number of carbonyl (C=O) groups is 1. The summed E-state index contributed by atoms with van der Waals surface area (Å²) in [5.41, 5.74) is 12.0. The first kappa shape index (κ1) is 15.0. The Morgan fingerprint density at radius 3 is 2.29 bits per heavy atom. The number of aliphatic carboxylic acids is 1. The number of rotatable bonds is 5. The van der Waals surface area contributed by atoms with Crippen molar-refractivity contribution in [3.05, 3.63) is 65.5 Å². The summed E-state index contributed by atoms with van der Waals surface area (Å²) in [7, 11) is 0. The number of carboxylic acid groups (broad SMARTS) is 1. The first-order valence-corrected chi connectivity index (χ1v) is 6.52. The third kappa shape index (κ3) is 2.87. The monoisotopic (exact) mass is 288 g/mol. The van der Waals surface area contributed by atoms with E-state index in [1.165, 1.54) is 24.3 Å². The number of anilines is 1. The highest BCUT2D eigenvalue weighted by molar-refractivity contribution is 5.82. The minimum atomic E-state index is -1.33. The molecule has 2 rings (SSSR count). The van der Waals surface area contributed by atoms with Crippen molar-refractivity contribution in [3.63, 3.8) is 0 Å². The molecule has 5 heteroatoms. The normalized spacial score (nSPS) is 13.6. The molecule has 0 aromatic heterocycles. The molecule has 0 saturated carbocycles. The van der Waals surface area contributed by atoms with Crippen molar-refractivity contribution in [1.29, 1.82) is 0 Å². The van der Waals surface area contributed by atoms with E-state index < -0.39 is 17.2 Å². The molecule has 2 aromatic carbocycles. The van der Waals surface area contributed by atoms with Crippen LogP contribution < -0.4 is 11.5 Å². The smallest absolute Gasteiger partial charge is 0.315 e. The van der Waals surface area contributed by atoms with Gasteiger partial charge in [0.15, 0.2) is 0 Å². The molecule has 0 fully saturated rings. The average molecular weight is 288 g/mol. The van der Waals surface area contributed by atoms with E-state index in [0.717, 1.165) is 0 Å². The van der Waals surface area contributed by atoms with Gasteiger partial charge >= 0.3 is 5.97 Å². The average Bonchev–Trinajstić information content (AvgIpc) is 2.47. The van der Waals surface area contributed by atoms with Crippen LogP contribution in [0.1, 0.15) is 11.1 Å². The van der Waals surface area contributed by atoms with Crippen molar-refractivity contribution < 1.29 is 14.3 Å². The van der Waals surface area contributed by atoms with Gasteiger partial charge in [-0.1, -0.05) is 30.3 Å². The molecule has 0 aliphatic rings. The molecule has 5 N–H and O–H groups in total. The van der Waals surface area contributed by atoms with Crippen LogP contribution in [-0.2, 0) is 16.6 Å². The lowest BCUT2D eigenvalue weighted by atomic mass is 9.75. The third-order valence-electron chi connectivity index (χ3n) is 3.70. The van der Waals surface area contributed by atoms with E-state index in [-0.39, 0.29) is 13.0 Å². The second-order valence-corrected chi connectivity index (χ2v) is 4.97. The summed E-state index contributed by atoms with van der Waals surface area (Å²) in [6.45, 7) is -0.109. The zero-order valence-electron chi connectivity index (χ0n) is 11.4. The Morgan fingerprint density at radius 1 is 1.14 bits per heavy atom. The van der Waals surface area contributed by atoms with Crippen molar-refractivity contribution in [2.24, 2.45) is 5.73 Å². The van der Waals surface area contributed by atoms with E-state index >= 15 is 0 Å². The van der Waals surface area contributed by atoms with Crippen LogP contribution in [0.2, 0.25) is 0 Å². The summed E-state index contributed by atoms with van der Waals surface area (Å²) in [4.78, 5) is 11.8. The van der Waals surface area contributed by atoms with Gasteiger partial charge in [0.2, 0.25) is 0 Å². The van der Waals surface area contributed by atoms with Gasteiger partial charge in [0.25, 0.3) is 0 Å². The lowest BCUT2D eigenvalue weighted by molar-refractivity contribution is -0.143. The largest absolute Gasteiger partial charge is 0.481 e. The molecule has 0 heterocycles. The number of nitrogen functional groups attached to an aromatic ring is 1. The van der Waals surface area contributed by atoms with Crippen molar-refractivity contribution in [3.8, 4) is 0 Å². The van der Waals surface area contributed by atoms with Gasteiger partial charge < -0.3 is 16.6 Å². The molecule has 0 radical (unpaired) electrons. The molecule has 1 unspecified atom stereocenters. The third-order valence-corrected chi connectivity index (χ3v) is 3.70. The Morgan fingerprint density at radius 2 is 1.76 bits per heavy atom. The van der Waals surface area contributed by atoms with Crippen LogP contribution >= 0.6 is 0 Å². The SMILES string of the molecule is NCC(Cc1ccccc1N)(C(=O)O)c1ccc(F)cc1. The summed E-state index contributed by atoms with van der Waals surface area (Å²) in [5, 5.41) is 9.68. The molecule has 110 valence electrons. The zero-order chi connectivity index (χ0) is 15.5. The van der Waals surface area contributed by atoms with Crippen LogP contribution in [0.15, 0.2) is 48.5 Å². The predicted octanol–water partition coefficient (Wildman–Crippen LogP) is 1.93. The fraction of sp³-hybridized carbons (Fsp3) is 0.188. The Labute approximate surface area is 122 Å². The second-order valence-electron chi connectivity index (χ2n) is 4.97. The fourth-order valence-corrected chi connectivity index (χ4v) is 2.37. The topological polar surface area (TPSA) is 89.3 Å². The van der Waals surface area contributed by atoms with Gasteiger partial charge in [0.1, 0.15) is 11.2 Å². The van der Waals surface area contributed by atoms with Crippen LogP contribution in [-0.4, -0.2) is 17.6 Å². The number of nitrogens with two attached hydrogens (primary N) is 2. The highest BCUT2D eigenvalue weighted by Gasteiger charge is 2.39. The highest BCUT2D eigenvalue weighted by atomic mass is 19.1. The van der Waals surface area contributed by atoms with E-state index in [4.69, 9.17) is 11.5 Å². The standard InChI is InChI=1S/C16H17FN2O2/c17-13-7-5-12(6-8-13)16(10-18,15(20)21)9-11-3-1-2-4-14(11)19/h1-8H,9-10,18-19H2,(H,20,21). The molecule has 1 atom stereocenters. The molecular weight excluding hydrogens is 271 g/mol. The maximum atomic E-state index is 13.1. The quantitative estimate of drug-likeness (QED) is 0.733. The Hall–Kier alpha value is -2.40. The molecule has 4 nitrogen and oxygen atoms in total. The van der Waals surface area contributed by atoms with Gasteiger partial charge in [-0.05, 0) is 35.7 Å². The summed E-state index contributed by atoms with van der Waals surface area (Å²) in [6.07, 6.45) is 0.150. The van der Waals surface area contributed by atoms with Crippen LogP contribution in [0.5, 0.6) is 0 Å². The van der Waals surface area contributed by atoms with E-state index in [0.29, 0.717) is 16.8 Å². The number of carboxylic acids is 1. The predicted molar refractivity (Wildman–Crippen MR) is 79.3 cm³/mol. The van der Waals surface area contributed by atoms with Crippen LogP contribution in [0, 0.1) is 5.82 Å². The van der Waals surface area contributed by atoms with Crippen LogP contribution in [0.25, 0.3) is 0 Å². The molecular formula is C16H17FN2O2. The van der Waals surface area contributed by atoms with Gasteiger partial charge in [-0.2, -0.15) is 0 Å². The maximum Gasteiger partial charge on any atom is 0.315 e. The molecule has 0 aliphatic carbocycles.